The van der Waals surface area contributed by atoms with Gasteiger partial charge in [0.1, 0.15) is 5.82 Å². The lowest BCUT2D eigenvalue weighted by Gasteiger charge is -2.42. The van der Waals surface area contributed by atoms with Gasteiger partial charge in [-0.3, -0.25) is 0 Å². The van der Waals surface area contributed by atoms with Crippen LogP contribution in [0.1, 0.15) is 126 Å². The second kappa shape index (κ2) is 11.8. The molecule has 32 heavy (non-hydrogen) atoms. The van der Waals surface area contributed by atoms with E-state index in [0.717, 1.165) is 36.2 Å². The van der Waals surface area contributed by atoms with E-state index in [1.807, 2.05) is 6.07 Å². The molecule has 178 valence electrons. The van der Waals surface area contributed by atoms with Crippen LogP contribution >= 0.6 is 0 Å². The van der Waals surface area contributed by atoms with Crippen molar-refractivity contribution in [2.75, 3.05) is 0 Å². The Morgan fingerprint density at radius 2 is 1.75 bits per heavy atom. The van der Waals surface area contributed by atoms with E-state index in [2.05, 4.69) is 32.1 Å². The van der Waals surface area contributed by atoms with Crippen LogP contribution in [-0.2, 0) is 12.8 Å². The molecule has 0 N–H and O–H groups in total. The fourth-order valence-corrected chi connectivity index (χ4v) is 7.31. The van der Waals surface area contributed by atoms with E-state index in [-0.39, 0.29) is 5.82 Å². The number of unbranched alkanes of at least 4 members (excludes halogenated alkanes) is 3. The molecule has 3 aliphatic rings. The fraction of sp³-hybridized carbons (Fsp3) is 0.742. The minimum atomic E-state index is 0.116. The summed E-state index contributed by atoms with van der Waals surface area (Å²) in [5, 5.41) is 0. The average Bonchev–Trinajstić information content (AvgIpc) is 2.82. The molecular weight excluding hydrogens is 391 g/mol. The molecule has 0 radical (unpaired) electrons. The van der Waals surface area contributed by atoms with Gasteiger partial charge in [-0.25, -0.2) is 4.39 Å². The normalized spacial score (nSPS) is 30.3. The molecule has 0 nitrogen and oxygen atoms in total. The van der Waals surface area contributed by atoms with Crippen molar-refractivity contribution >= 4 is 0 Å². The predicted octanol–water partition coefficient (Wildman–Crippen LogP) is 9.56. The number of hydrogen-bond donors (Lipinski definition) is 0. The molecule has 0 bridgehead atoms. The Morgan fingerprint density at radius 1 is 0.906 bits per heavy atom. The first kappa shape index (κ1) is 24.0. The number of benzene rings is 1. The molecule has 3 aliphatic carbocycles. The molecule has 0 aromatic heterocycles. The molecule has 1 heteroatoms. The van der Waals surface area contributed by atoms with Crippen molar-refractivity contribution in [3.63, 3.8) is 0 Å². The van der Waals surface area contributed by atoms with Crippen LogP contribution in [0.5, 0.6) is 0 Å². The Morgan fingerprint density at radius 3 is 2.59 bits per heavy atom. The standard InChI is InChI=1S/C31H47F/c1-3-5-7-9-11-24-13-15-28-21-29(22-31(32)30(28)19-24)27-17-16-25-18-23(10-8-6-4-2)12-14-26(25)20-27/h4,6,21-27H,3,5,7-20H2,1-2H3/b6-4+. The lowest BCUT2D eigenvalue weighted by atomic mass is 9.63. The van der Waals surface area contributed by atoms with Crippen LogP contribution in [0.15, 0.2) is 24.3 Å². The number of halogens is 1. The van der Waals surface area contributed by atoms with E-state index in [4.69, 9.17) is 0 Å². The molecule has 2 saturated carbocycles. The smallest absolute Gasteiger partial charge is 0.126 e. The van der Waals surface area contributed by atoms with Crippen molar-refractivity contribution in [1.82, 2.24) is 0 Å². The Labute approximate surface area is 197 Å². The summed E-state index contributed by atoms with van der Waals surface area (Å²) in [5.41, 5.74) is 3.74. The van der Waals surface area contributed by atoms with Gasteiger partial charge in [-0.15, -0.1) is 0 Å². The molecule has 4 rings (SSSR count). The summed E-state index contributed by atoms with van der Waals surface area (Å²) in [6.45, 7) is 4.41. The molecule has 0 aliphatic heterocycles. The first-order valence-electron chi connectivity index (χ1n) is 14.1. The minimum absolute atomic E-state index is 0.116. The fourth-order valence-electron chi connectivity index (χ4n) is 7.31. The van der Waals surface area contributed by atoms with Crippen molar-refractivity contribution in [3.05, 3.63) is 46.8 Å². The van der Waals surface area contributed by atoms with Crippen LogP contribution < -0.4 is 0 Å². The van der Waals surface area contributed by atoms with Crippen LogP contribution in [0.25, 0.3) is 0 Å². The Bertz CT molecular complexity index is 747. The maximum absolute atomic E-state index is 15.2. The lowest BCUT2D eigenvalue weighted by molar-refractivity contribution is 0.115. The topological polar surface area (TPSA) is 0 Å². The number of allylic oxidation sites excluding steroid dienone is 2. The van der Waals surface area contributed by atoms with Gasteiger partial charge in [0.05, 0.1) is 0 Å². The zero-order valence-corrected chi connectivity index (χ0v) is 20.9. The summed E-state index contributed by atoms with van der Waals surface area (Å²) in [7, 11) is 0. The predicted molar refractivity (Wildman–Crippen MR) is 136 cm³/mol. The van der Waals surface area contributed by atoms with Gasteiger partial charge in [-0.1, -0.05) is 63.7 Å². The quantitative estimate of drug-likeness (QED) is 0.266. The molecule has 0 saturated heterocycles. The molecule has 0 amide bonds. The molecule has 2 fully saturated rings. The van der Waals surface area contributed by atoms with E-state index in [9.17, 15) is 0 Å². The summed E-state index contributed by atoms with van der Waals surface area (Å²) in [6, 6.07) is 4.38. The zero-order chi connectivity index (χ0) is 22.3. The van der Waals surface area contributed by atoms with Crippen LogP contribution in [0, 0.1) is 29.5 Å². The number of rotatable bonds is 9. The maximum Gasteiger partial charge on any atom is 0.126 e. The molecule has 5 unspecified atom stereocenters. The second-order valence-corrected chi connectivity index (χ2v) is 11.5. The van der Waals surface area contributed by atoms with Crippen molar-refractivity contribution in [3.8, 4) is 0 Å². The third-order valence-corrected chi connectivity index (χ3v) is 9.26. The van der Waals surface area contributed by atoms with Gasteiger partial charge in [0.25, 0.3) is 0 Å². The van der Waals surface area contributed by atoms with Crippen molar-refractivity contribution in [2.45, 2.75) is 122 Å². The van der Waals surface area contributed by atoms with Crippen molar-refractivity contribution in [2.24, 2.45) is 23.7 Å². The van der Waals surface area contributed by atoms with Crippen LogP contribution in [0.3, 0.4) is 0 Å². The monoisotopic (exact) mass is 438 g/mol. The summed E-state index contributed by atoms with van der Waals surface area (Å²) < 4.78 is 15.2. The average molecular weight is 439 g/mol. The highest BCUT2D eigenvalue weighted by molar-refractivity contribution is 5.37. The summed E-state index contributed by atoms with van der Waals surface area (Å²) >= 11 is 0. The third-order valence-electron chi connectivity index (χ3n) is 9.26. The minimum Gasteiger partial charge on any atom is -0.207 e. The number of aryl methyl sites for hydroxylation is 1. The summed E-state index contributed by atoms with van der Waals surface area (Å²) in [6.07, 6.45) is 25.4. The van der Waals surface area contributed by atoms with Gasteiger partial charge >= 0.3 is 0 Å². The Balaban J connectivity index is 1.32. The molecular formula is C31H47F. The largest absolute Gasteiger partial charge is 0.207 e. The highest BCUT2D eigenvalue weighted by Gasteiger charge is 2.36. The third kappa shape index (κ3) is 6.06. The van der Waals surface area contributed by atoms with E-state index >= 15 is 4.39 Å². The van der Waals surface area contributed by atoms with Gasteiger partial charge in [0, 0.05) is 0 Å². The van der Waals surface area contributed by atoms with Gasteiger partial charge in [-0.05, 0) is 123 Å². The second-order valence-electron chi connectivity index (χ2n) is 11.5. The van der Waals surface area contributed by atoms with Crippen molar-refractivity contribution < 1.29 is 4.39 Å². The highest BCUT2D eigenvalue weighted by Crippen LogP contribution is 2.49. The van der Waals surface area contributed by atoms with E-state index in [1.165, 1.54) is 101 Å². The van der Waals surface area contributed by atoms with Crippen LogP contribution in [-0.4, -0.2) is 0 Å². The van der Waals surface area contributed by atoms with Gasteiger partial charge in [-0.2, -0.15) is 0 Å². The van der Waals surface area contributed by atoms with Crippen LogP contribution in [0.2, 0.25) is 0 Å². The molecule has 1 aromatic carbocycles. The van der Waals surface area contributed by atoms with Crippen molar-refractivity contribution in [1.29, 1.82) is 0 Å². The number of hydrogen-bond acceptors (Lipinski definition) is 0. The van der Waals surface area contributed by atoms with Crippen LogP contribution in [0.4, 0.5) is 4.39 Å². The SMILES string of the molecule is C/C=C/CCC1CCC2CC(c3cc(F)c4c(c3)CCC(CCCCCC)C4)CCC2C1. The van der Waals surface area contributed by atoms with E-state index in [1.54, 1.807) is 0 Å². The molecule has 0 spiro atoms. The van der Waals surface area contributed by atoms with E-state index < -0.39 is 0 Å². The van der Waals surface area contributed by atoms with Gasteiger partial charge < -0.3 is 0 Å². The number of fused-ring (bicyclic) bond motifs is 2. The molecule has 1 aromatic rings. The first-order chi connectivity index (χ1) is 15.7. The Kier molecular flexibility index (Phi) is 8.90. The van der Waals surface area contributed by atoms with Gasteiger partial charge in [0.2, 0.25) is 0 Å². The summed E-state index contributed by atoms with van der Waals surface area (Å²) in [5.74, 6) is 4.19. The lowest BCUT2D eigenvalue weighted by Crippen LogP contribution is -2.30. The highest BCUT2D eigenvalue weighted by atomic mass is 19.1. The van der Waals surface area contributed by atoms with Gasteiger partial charge in [0.15, 0.2) is 0 Å². The van der Waals surface area contributed by atoms with E-state index in [0.29, 0.717) is 11.8 Å². The maximum atomic E-state index is 15.2. The molecule has 0 heterocycles. The first-order valence-corrected chi connectivity index (χ1v) is 14.1. The summed E-state index contributed by atoms with van der Waals surface area (Å²) in [4.78, 5) is 0. The molecule has 5 atom stereocenters. The zero-order valence-electron chi connectivity index (χ0n) is 20.9. The Hall–Kier alpha value is -1.11.